The Bertz CT molecular complexity index is 602. The number of amides is 1. The van der Waals surface area contributed by atoms with Crippen LogP contribution in [0.2, 0.25) is 10.3 Å². The van der Waals surface area contributed by atoms with Crippen LogP contribution in [0.5, 0.6) is 0 Å². The van der Waals surface area contributed by atoms with E-state index in [9.17, 15) is 13.2 Å². The Kier molecular flexibility index (Phi) is 4.76. The van der Waals surface area contributed by atoms with Gasteiger partial charge < -0.3 is 5.32 Å². The van der Waals surface area contributed by atoms with Gasteiger partial charge in [-0.25, -0.2) is 8.42 Å². The van der Waals surface area contributed by atoms with Gasteiger partial charge in [0.25, 0.3) is 5.91 Å². The van der Waals surface area contributed by atoms with Gasteiger partial charge in [0.15, 0.2) is 20.1 Å². The van der Waals surface area contributed by atoms with Crippen LogP contribution in [0.3, 0.4) is 0 Å². The third-order valence-corrected chi connectivity index (χ3v) is 5.26. The average Bonchev–Trinajstić information content (AvgIpc) is 2.28. The molecular formula is C10H13Cl2N3O3S. The first-order valence-corrected chi connectivity index (χ1v) is 7.86. The normalized spacial score (nSPS) is 12.3. The Balaban J connectivity index is 2.85. The van der Waals surface area contributed by atoms with Crippen molar-refractivity contribution in [2.24, 2.45) is 0 Å². The fourth-order valence-electron chi connectivity index (χ4n) is 1.03. The minimum atomic E-state index is -3.30. The van der Waals surface area contributed by atoms with Gasteiger partial charge in [0.05, 0.1) is 10.3 Å². The molecule has 9 heteroatoms. The van der Waals surface area contributed by atoms with Crippen molar-refractivity contribution in [3.05, 3.63) is 21.9 Å². The average molecular weight is 326 g/mol. The fourth-order valence-corrected chi connectivity index (χ4v) is 1.69. The maximum Gasteiger partial charge on any atom is 0.254 e. The van der Waals surface area contributed by atoms with Crippen molar-refractivity contribution in [2.45, 2.75) is 18.6 Å². The highest BCUT2D eigenvalue weighted by Gasteiger charge is 2.30. The van der Waals surface area contributed by atoms with Crippen LogP contribution in [0.1, 0.15) is 24.2 Å². The lowest BCUT2D eigenvalue weighted by molar-refractivity contribution is 0.0950. The number of carbonyl (C=O) groups is 1. The number of carbonyl (C=O) groups excluding carboxylic acids is 1. The van der Waals surface area contributed by atoms with Gasteiger partial charge in [-0.3, -0.25) is 4.79 Å². The van der Waals surface area contributed by atoms with Gasteiger partial charge in [0.2, 0.25) is 0 Å². The predicted molar refractivity (Wildman–Crippen MR) is 73.3 cm³/mol. The van der Waals surface area contributed by atoms with Crippen LogP contribution < -0.4 is 5.32 Å². The Morgan fingerprint density at radius 2 is 1.95 bits per heavy atom. The third kappa shape index (κ3) is 4.02. The van der Waals surface area contributed by atoms with E-state index in [-0.39, 0.29) is 22.4 Å². The topological polar surface area (TPSA) is 89.0 Å². The van der Waals surface area contributed by atoms with Crippen LogP contribution in [0.4, 0.5) is 0 Å². The van der Waals surface area contributed by atoms with Gasteiger partial charge in [-0.05, 0) is 19.9 Å². The van der Waals surface area contributed by atoms with E-state index in [2.05, 4.69) is 15.5 Å². The summed E-state index contributed by atoms with van der Waals surface area (Å²) in [6, 6.07) is 1.26. The quantitative estimate of drug-likeness (QED) is 0.902. The van der Waals surface area contributed by atoms with Gasteiger partial charge in [0, 0.05) is 12.8 Å². The zero-order valence-electron chi connectivity index (χ0n) is 10.6. The van der Waals surface area contributed by atoms with E-state index in [4.69, 9.17) is 23.2 Å². The molecule has 0 saturated carbocycles. The number of rotatable bonds is 4. The van der Waals surface area contributed by atoms with E-state index in [1.54, 1.807) is 0 Å². The van der Waals surface area contributed by atoms with Crippen molar-refractivity contribution in [1.29, 1.82) is 0 Å². The zero-order valence-corrected chi connectivity index (χ0v) is 12.9. The van der Waals surface area contributed by atoms with E-state index in [0.717, 1.165) is 6.26 Å². The summed E-state index contributed by atoms with van der Waals surface area (Å²) in [5, 5.41) is 9.39. The molecule has 0 aliphatic rings. The molecule has 0 aliphatic carbocycles. The highest BCUT2D eigenvalue weighted by molar-refractivity contribution is 7.92. The number of sulfone groups is 1. The molecule has 0 atom stereocenters. The fraction of sp³-hybridized carbons (Fsp3) is 0.500. The summed E-state index contributed by atoms with van der Waals surface area (Å²) >= 11 is 11.3. The summed E-state index contributed by atoms with van der Waals surface area (Å²) in [5.74, 6) is -0.557. The second kappa shape index (κ2) is 5.60. The minimum Gasteiger partial charge on any atom is -0.350 e. The number of nitrogens with zero attached hydrogens (tertiary/aromatic N) is 2. The Hall–Kier alpha value is -0.920. The van der Waals surface area contributed by atoms with Gasteiger partial charge in [-0.1, -0.05) is 23.2 Å². The second-order valence-corrected chi connectivity index (χ2v) is 7.98. The lowest BCUT2D eigenvalue weighted by atomic mass is 10.2. The molecule has 106 valence electrons. The molecule has 0 aliphatic heterocycles. The summed E-state index contributed by atoms with van der Waals surface area (Å²) in [4.78, 5) is 11.9. The van der Waals surface area contributed by atoms with E-state index >= 15 is 0 Å². The van der Waals surface area contributed by atoms with E-state index < -0.39 is 20.5 Å². The summed E-state index contributed by atoms with van der Waals surface area (Å²) in [5.41, 5.74) is 0.0472. The molecular weight excluding hydrogens is 313 g/mol. The Morgan fingerprint density at radius 1 is 1.37 bits per heavy atom. The molecule has 1 rings (SSSR count). The molecule has 0 radical (unpaired) electrons. The van der Waals surface area contributed by atoms with Gasteiger partial charge in [0.1, 0.15) is 0 Å². The molecule has 0 unspecified atom stereocenters. The first-order chi connectivity index (χ1) is 8.54. The molecule has 0 saturated heterocycles. The summed E-state index contributed by atoms with van der Waals surface area (Å²) < 4.78 is 21.9. The first kappa shape index (κ1) is 16.1. The molecule has 6 nitrogen and oxygen atoms in total. The van der Waals surface area contributed by atoms with Crippen molar-refractivity contribution in [3.63, 3.8) is 0 Å². The van der Waals surface area contributed by atoms with Crippen LogP contribution in [0.25, 0.3) is 0 Å². The number of halogens is 2. The standard InChI is InChI=1S/C10H13Cl2N3O3S/c1-10(2,19(3,17)18)5-13-9(16)6-4-7(11)14-15-8(6)12/h4H,5H2,1-3H3,(H,13,16). The highest BCUT2D eigenvalue weighted by Crippen LogP contribution is 2.17. The maximum atomic E-state index is 11.9. The van der Waals surface area contributed by atoms with Crippen molar-refractivity contribution < 1.29 is 13.2 Å². The lowest BCUT2D eigenvalue weighted by Gasteiger charge is -2.22. The molecule has 1 amide bonds. The van der Waals surface area contributed by atoms with Crippen LogP contribution in [-0.2, 0) is 9.84 Å². The van der Waals surface area contributed by atoms with Crippen LogP contribution in [-0.4, -0.2) is 42.1 Å². The zero-order chi connectivity index (χ0) is 14.8. The molecule has 1 heterocycles. The van der Waals surface area contributed by atoms with Crippen molar-refractivity contribution in [1.82, 2.24) is 15.5 Å². The van der Waals surface area contributed by atoms with Gasteiger partial charge in [-0.2, -0.15) is 0 Å². The summed E-state index contributed by atoms with van der Waals surface area (Å²) in [7, 11) is -3.30. The van der Waals surface area contributed by atoms with Crippen LogP contribution in [0, 0.1) is 0 Å². The predicted octanol–water partition coefficient (Wildman–Crippen LogP) is 1.34. The number of nitrogens with one attached hydrogen (secondary N) is 1. The Morgan fingerprint density at radius 3 is 2.47 bits per heavy atom. The van der Waals surface area contributed by atoms with Crippen molar-refractivity contribution in [2.75, 3.05) is 12.8 Å². The van der Waals surface area contributed by atoms with Crippen molar-refractivity contribution in [3.8, 4) is 0 Å². The molecule has 0 fully saturated rings. The largest absolute Gasteiger partial charge is 0.350 e. The van der Waals surface area contributed by atoms with Crippen LogP contribution >= 0.6 is 23.2 Å². The Labute approximate surface area is 121 Å². The van der Waals surface area contributed by atoms with Gasteiger partial charge in [-0.15, -0.1) is 10.2 Å². The molecule has 19 heavy (non-hydrogen) atoms. The molecule has 0 bridgehead atoms. The van der Waals surface area contributed by atoms with E-state index in [1.165, 1.54) is 19.9 Å². The molecule has 1 N–H and O–H groups in total. The molecule has 0 spiro atoms. The smallest absolute Gasteiger partial charge is 0.254 e. The number of hydrogen-bond donors (Lipinski definition) is 1. The molecule has 0 aromatic carbocycles. The summed E-state index contributed by atoms with van der Waals surface area (Å²) in [6.07, 6.45) is 1.11. The highest BCUT2D eigenvalue weighted by atomic mass is 35.5. The number of hydrogen-bond acceptors (Lipinski definition) is 5. The first-order valence-electron chi connectivity index (χ1n) is 5.21. The lowest BCUT2D eigenvalue weighted by Crippen LogP contribution is -2.43. The molecule has 1 aromatic heterocycles. The van der Waals surface area contributed by atoms with E-state index in [1.807, 2.05) is 0 Å². The molecule has 1 aromatic rings. The van der Waals surface area contributed by atoms with Crippen molar-refractivity contribution >= 4 is 38.9 Å². The van der Waals surface area contributed by atoms with Crippen LogP contribution in [0.15, 0.2) is 6.07 Å². The number of aromatic nitrogens is 2. The van der Waals surface area contributed by atoms with E-state index in [0.29, 0.717) is 0 Å². The third-order valence-electron chi connectivity index (χ3n) is 2.64. The maximum absolute atomic E-state index is 11.9. The monoisotopic (exact) mass is 325 g/mol. The summed E-state index contributed by atoms with van der Waals surface area (Å²) in [6.45, 7) is 2.98. The SMILES string of the molecule is CC(C)(CNC(=O)c1cc(Cl)nnc1Cl)S(C)(=O)=O. The second-order valence-electron chi connectivity index (χ2n) is 4.59. The minimum absolute atomic E-state index is 0.0249. The van der Waals surface area contributed by atoms with Gasteiger partial charge >= 0.3 is 0 Å².